The minimum Gasteiger partial charge on any atom is -0.395 e. The fraction of sp³-hybridized carbons (Fsp3) is 0.895. The summed E-state index contributed by atoms with van der Waals surface area (Å²) in [6, 6.07) is -0.278. The van der Waals surface area contributed by atoms with Gasteiger partial charge in [-0.3, -0.25) is 14.5 Å². The Kier molecular flexibility index (Phi) is 9.43. The van der Waals surface area contributed by atoms with Gasteiger partial charge in [-0.25, -0.2) is 0 Å². The predicted molar refractivity (Wildman–Crippen MR) is 99.9 cm³/mol. The van der Waals surface area contributed by atoms with Crippen LogP contribution >= 0.6 is 0 Å². The first-order valence-electron chi connectivity index (χ1n) is 9.66. The molecule has 1 aliphatic heterocycles. The number of carbonyl (C=O) groups is 2. The summed E-state index contributed by atoms with van der Waals surface area (Å²) in [6.45, 7) is 8.25. The molecule has 1 rings (SSSR count). The van der Waals surface area contributed by atoms with E-state index in [2.05, 4.69) is 11.8 Å². The van der Waals surface area contributed by atoms with Crippen LogP contribution in [0.3, 0.4) is 0 Å². The van der Waals surface area contributed by atoms with Gasteiger partial charge in [-0.1, -0.05) is 27.2 Å². The van der Waals surface area contributed by atoms with Crippen LogP contribution in [0.2, 0.25) is 0 Å². The number of likely N-dealkylation sites (tertiary alicyclic amines) is 1. The number of hydrogen-bond donors (Lipinski definition) is 2. The maximum absolute atomic E-state index is 12.3. The SMILES string of the molecule is CC(C)CC(=O)N(C)[C@@H](C[C@H](C)CCN1CCCCC1CO)C(N)=O. The number of primary amides is 1. The first-order chi connectivity index (χ1) is 11.8. The number of carbonyl (C=O) groups excluding carboxylic acids is 2. The lowest BCUT2D eigenvalue weighted by Crippen LogP contribution is -2.47. The lowest BCUT2D eigenvalue weighted by molar-refractivity contribution is -0.138. The highest BCUT2D eigenvalue weighted by Gasteiger charge is 2.28. The van der Waals surface area contributed by atoms with E-state index in [9.17, 15) is 14.7 Å². The summed E-state index contributed by atoms with van der Waals surface area (Å²) in [7, 11) is 1.68. The van der Waals surface area contributed by atoms with Crippen LogP contribution in [0.15, 0.2) is 0 Å². The van der Waals surface area contributed by atoms with Crippen molar-refractivity contribution in [3.63, 3.8) is 0 Å². The van der Waals surface area contributed by atoms with Crippen LogP contribution < -0.4 is 5.73 Å². The van der Waals surface area contributed by atoms with Crippen molar-refractivity contribution in [2.75, 3.05) is 26.7 Å². The van der Waals surface area contributed by atoms with E-state index in [1.807, 2.05) is 13.8 Å². The number of nitrogens with two attached hydrogens (primary N) is 1. The van der Waals surface area contributed by atoms with Crippen LogP contribution in [0.1, 0.15) is 59.3 Å². The van der Waals surface area contributed by atoms with Gasteiger partial charge in [-0.15, -0.1) is 0 Å². The zero-order valence-corrected chi connectivity index (χ0v) is 16.4. The van der Waals surface area contributed by atoms with Gasteiger partial charge in [0, 0.05) is 19.5 Å². The topological polar surface area (TPSA) is 86.9 Å². The first-order valence-corrected chi connectivity index (χ1v) is 9.66. The maximum Gasteiger partial charge on any atom is 0.240 e. The second kappa shape index (κ2) is 10.8. The lowest BCUT2D eigenvalue weighted by Gasteiger charge is -2.35. The van der Waals surface area contributed by atoms with Crippen molar-refractivity contribution in [3.05, 3.63) is 0 Å². The van der Waals surface area contributed by atoms with Gasteiger partial charge < -0.3 is 15.7 Å². The van der Waals surface area contributed by atoms with Gasteiger partial charge in [0.1, 0.15) is 6.04 Å². The Hall–Kier alpha value is -1.14. The fourth-order valence-corrected chi connectivity index (χ4v) is 3.58. The molecule has 146 valence electrons. The number of hydrogen-bond acceptors (Lipinski definition) is 4. The van der Waals surface area contributed by atoms with Crippen LogP contribution in [0.25, 0.3) is 0 Å². The smallest absolute Gasteiger partial charge is 0.240 e. The van der Waals surface area contributed by atoms with Gasteiger partial charge >= 0.3 is 0 Å². The Bertz CT molecular complexity index is 428. The van der Waals surface area contributed by atoms with Crippen molar-refractivity contribution >= 4 is 11.8 Å². The molecule has 3 N–H and O–H groups in total. The van der Waals surface area contributed by atoms with E-state index in [0.717, 1.165) is 25.9 Å². The summed E-state index contributed by atoms with van der Waals surface area (Å²) >= 11 is 0. The average Bonchev–Trinajstić information content (AvgIpc) is 2.56. The Morgan fingerprint density at radius 2 is 1.96 bits per heavy atom. The second-order valence-corrected chi connectivity index (χ2v) is 8.02. The van der Waals surface area contributed by atoms with E-state index in [-0.39, 0.29) is 30.4 Å². The van der Waals surface area contributed by atoms with Crippen molar-refractivity contribution in [2.45, 2.75) is 71.4 Å². The Morgan fingerprint density at radius 1 is 1.28 bits per heavy atom. The predicted octanol–water partition coefficient (Wildman–Crippen LogP) is 1.61. The van der Waals surface area contributed by atoms with Gasteiger partial charge in [0.05, 0.1) is 6.61 Å². The van der Waals surface area contributed by atoms with E-state index in [0.29, 0.717) is 12.8 Å². The first kappa shape index (κ1) is 21.9. The largest absolute Gasteiger partial charge is 0.395 e. The molecular weight excluding hydrogens is 318 g/mol. The molecule has 0 radical (unpaired) electrons. The molecule has 1 heterocycles. The van der Waals surface area contributed by atoms with Crippen LogP contribution in [-0.2, 0) is 9.59 Å². The molecule has 0 aliphatic carbocycles. The third-order valence-corrected chi connectivity index (χ3v) is 5.27. The van der Waals surface area contributed by atoms with Gasteiger partial charge in [-0.2, -0.15) is 0 Å². The van der Waals surface area contributed by atoms with Gasteiger partial charge in [0.15, 0.2) is 0 Å². The third-order valence-electron chi connectivity index (χ3n) is 5.27. The molecule has 0 saturated carbocycles. The fourth-order valence-electron chi connectivity index (χ4n) is 3.58. The number of nitrogens with zero attached hydrogens (tertiary/aromatic N) is 2. The molecule has 0 bridgehead atoms. The number of piperidine rings is 1. The monoisotopic (exact) mass is 355 g/mol. The molecule has 1 aliphatic rings. The summed E-state index contributed by atoms with van der Waals surface area (Å²) in [5, 5.41) is 9.50. The van der Waals surface area contributed by atoms with Crippen molar-refractivity contribution in [3.8, 4) is 0 Å². The Labute approximate surface area is 152 Å². The number of amides is 2. The van der Waals surface area contributed by atoms with E-state index >= 15 is 0 Å². The number of aliphatic hydroxyl groups excluding tert-OH is 1. The van der Waals surface area contributed by atoms with E-state index < -0.39 is 11.9 Å². The summed E-state index contributed by atoms with van der Waals surface area (Å²) < 4.78 is 0. The molecule has 1 fully saturated rings. The summed E-state index contributed by atoms with van der Waals surface area (Å²) in [5.74, 6) is 0.0866. The molecule has 0 aromatic carbocycles. The third kappa shape index (κ3) is 7.32. The summed E-state index contributed by atoms with van der Waals surface area (Å²) in [4.78, 5) is 28.0. The van der Waals surface area contributed by atoms with Crippen molar-refractivity contribution < 1.29 is 14.7 Å². The highest BCUT2D eigenvalue weighted by molar-refractivity contribution is 5.86. The normalized spacial score (nSPS) is 21.1. The molecule has 3 atom stereocenters. The minimum absolute atomic E-state index is 0.0256. The Morgan fingerprint density at radius 3 is 2.52 bits per heavy atom. The number of likely N-dealkylation sites (N-methyl/N-ethyl adjacent to an activating group) is 1. The maximum atomic E-state index is 12.3. The molecule has 6 nitrogen and oxygen atoms in total. The highest BCUT2D eigenvalue weighted by Crippen LogP contribution is 2.21. The van der Waals surface area contributed by atoms with Gasteiger partial charge in [-0.05, 0) is 50.6 Å². The quantitative estimate of drug-likeness (QED) is 0.623. The summed E-state index contributed by atoms with van der Waals surface area (Å²) in [6.07, 6.45) is 5.38. The average molecular weight is 356 g/mol. The minimum atomic E-state index is -0.545. The van der Waals surface area contributed by atoms with Crippen LogP contribution in [0.5, 0.6) is 0 Å². The van der Waals surface area contributed by atoms with Crippen molar-refractivity contribution in [1.29, 1.82) is 0 Å². The molecular formula is C19H37N3O3. The van der Waals surface area contributed by atoms with E-state index in [1.165, 1.54) is 17.7 Å². The molecule has 25 heavy (non-hydrogen) atoms. The second-order valence-electron chi connectivity index (χ2n) is 8.02. The van der Waals surface area contributed by atoms with E-state index in [4.69, 9.17) is 5.73 Å². The molecule has 1 unspecified atom stereocenters. The van der Waals surface area contributed by atoms with E-state index in [1.54, 1.807) is 7.05 Å². The number of rotatable bonds is 10. The molecule has 0 spiro atoms. The zero-order chi connectivity index (χ0) is 19.0. The van der Waals surface area contributed by atoms with Crippen LogP contribution in [-0.4, -0.2) is 65.5 Å². The zero-order valence-electron chi connectivity index (χ0n) is 16.4. The van der Waals surface area contributed by atoms with Gasteiger partial charge in [0.25, 0.3) is 0 Å². The molecule has 0 aromatic heterocycles. The molecule has 1 saturated heterocycles. The summed E-state index contributed by atoms with van der Waals surface area (Å²) in [5.41, 5.74) is 5.56. The molecule has 6 heteroatoms. The highest BCUT2D eigenvalue weighted by atomic mass is 16.3. The van der Waals surface area contributed by atoms with Crippen molar-refractivity contribution in [2.24, 2.45) is 17.6 Å². The molecule has 2 amide bonds. The molecule has 0 aromatic rings. The van der Waals surface area contributed by atoms with Gasteiger partial charge in [0.2, 0.25) is 11.8 Å². The standard InChI is InChI=1S/C19H37N3O3/c1-14(2)11-18(24)21(4)17(19(20)25)12-15(3)8-10-22-9-6-5-7-16(22)13-23/h14-17,23H,5-13H2,1-4H3,(H2,20,25)/t15-,16?,17+/m1/s1. The lowest BCUT2D eigenvalue weighted by atomic mass is 9.95. The Balaban J connectivity index is 2.53. The van der Waals surface area contributed by atoms with Crippen LogP contribution in [0.4, 0.5) is 0 Å². The van der Waals surface area contributed by atoms with Crippen molar-refractivity contribution in [1.82, 2.24) is 9.80 Å². The number of aliphatic hydroxyl groups is 1. The van der Waals surface area contributed by atoms with Crippen LogP contribution in [0, 0.1) is 11.8 Å².